The van der Waals surface area contributed by atoms with E-state index in [4.69, 9.17) is 19.9 Å². The van der Waals surface area contributed by atoms with Gasteiger partial charge in [0.15, 0.2) is 6.10 Å². The first-order valence-electron chi connectivity index (χ1n) is 11.1. The fraction of sp³-hybridized carbons (Fsp3) is 0.296. The molecule has 0 aromatic heterocycles. The Hall–Kier alpha value is -3.07. The number of rotatable bonds is 14. The van der Waals surface area contributed by atoms with Crippen molar-refractivity contribution in [3.8, 4) is 0 Å². The van der Waals surface area contributed by atoms with Gasteiger partial charge >= 0.3 is 0 Å². The summed E-state index contributed by atoms with van der Waals surface area (Å²) in [4.78, 5) is 12.5. The van der Waals surface area contributed by atoms with Gasteiger partial charge in [-0.25, -0.2) is 0 Å². The van der Waals surface area contributed by atoms with E-state index in [-0.39, 0.29) is 19.8 Å². The molecule has 0 aliphatic rings. The van der Waals surface area contributed by atoms with E-state index in [2.05, 4.69) is 0 Å². The first-order chi connectivity index (χ1) is 16.6. The minimum absolute atomic E-state index is 0.111. The molecule has 1 amide bonds. The van der Waals surface area contributed by atoms with Gasteiger partial charge in [-0.1, -0.05) is 91.0 Å². The first-order valence-corrected chi connectivity index (χ1v) is 11.1. The molecule has 0 spiro atoms. The summed E-state index contributed by atoms with van der Waals surface area (Å²) in [6, 6.07) is 28.1. The summed E-state index contributed by atoms with van der Waals surface area (Å²) in [6.07, 6.45) is -4.72. The van der Waals surface area contributed by atoms with Crippen LogP contribution in [-0.2, 0) is 38.8 Å². The van der Waals surface area contributed by atoms with Crippen LogP contribution in [0.25, 0.3) is 0 Å². The van der Waals surface area contributed by atoms with Gasteiger partial charge < -0.3 is 30.2 Å². The third-order valence-corrected chi connectivity index (χ3v) is 5.31. The van der Waals surface area contributed by atoms with Gasteiger partial charge in [-0.3, -0.25) is 4.79 Å². The van der Waals surface area contributed by atoms with Crippen molar-refractivity contribution in [2.75, 3.05) is 6.61 Å². The van der Waals surface area contributed by atoms with Gasteiger partial charge in [0.1, 0.15) is 18.3 Å². The lowest BCUT2D eigenvalue weighted by Crippen LogP contribution is -2.54. The van der Waals surface area contributed by atoms with Crippen LogP contribution in [0.2, 0.25) is 0 Å². The van der Waals surface area contributed by atoms with Crippen LogP contribution in [0.5, 0.6) is 0 Å². The number of aliphatic hydroxyl groups excluding tert-OH is 2. The van der Waals surface area contributed by atoms with Crippen LogP contribution in [0.15, 0.2) is 91.0 Å². The highest BCUT2D eigenvalue weighted by molar-refractivity contribution is 5.79. The number of benzene rings is 3. The van der Waals surface area contributed by atoms with Crippen molar-refractivity contribution >= 4 is 5.91 Å². The van der Waals surface area contributed by atoms with Crippen molar-refractivity contribution in [3.05, 3.63) is 108 Å². The molecule has 4 N–H and O–H groups in total. The highest BCUT2D eigenvalue weighted by Gasteiger charge is 2.39. The van der Waals surface area contributed by atoms with E-state index in [1.807, 2.05) is 91.0 Å². The van der Waals surface area contributed by atoms with Gasteiger partial charge in [-0.15, -0.1) is 0 Å². The van der Waals surface area contributed by atoms with Crippen LogP contribution in [0.1, 0.15) is 16.7 Å². The molecule has 4 atom stereocenters. The van der Waals surface area contributed by atoms with E-state index < -0.39 is 36.9 Å². The summed E-state index contributed by atoms with van der Waals surface area (Å²) in [7, 11) is 0. The highest BCUT2D eigenvalue weighted by Crippen LogP contribution is 2.21. The molecule has 7 nitrogen and oxygen atoms in total. The lowest BCUT2D eigenvalue weighted by Gasteiger charge is -2.34. The number of primary amides is 1. The Bertz CT molecular complexity index is 970. The normalized spacial score (nSPS) is 14.8. The van der Waals surface area contributed by atoms with E-state index >= 15 is 0 Å². The van der Waals surface area contributed by atoms with Crippen molar-refractivity contribution in [2.45, 2.75) is 44.2 Å². The molecule has 0 aliphatic carbocycles. The summed E-state index contributed by atoms with van der Waals surface area (Å²) in [5.74, 6) is -0.757. The molecule has 0 aliphatic heterocycles. The monoisotopic (exact) mass is 465 g/mol. The standard InChI is InChI=1S/C27H31NO6/c28-27(31)26(34-19-22-14-8-3-9-15-22)25(33-18-21-12-6-2-7-13-21)24(23(30)16-29)32-17-20-10-4-1-5-11-20/h1-15,23-26,29-30H,16-19H2,(H2,28,31)/t23-,24-,25+,26-/m1/s1. The molecule has 7 heteroatoms. The van der Waals surface area contributed by atoms with Gasteiger partial charge in [-0.2, -0.15) is 0 Å². The molecule has 0 heterocycles. The zero-order chi connectivity index (χ0) is 24.2. The van der Waals surface area contributed by atoms with E-state index in [0.29, 0.717) is 0 Å². The van der Waals surface area contributed by atoms with Gasteiger partial charge in [0.2, 0.25) is 5.91 Å². The minimum Gasteiger partial charge on any atom is -0.394 e. The van der Waals surface area contributed by atoms with Crippen LogP contribution >= 0.6 is 0 Å². The lowest BCUT2D eigenvalue weighted by molar-refractivity contribution is -0.187. The third-order valence-electron chi connectivity index (χ3n) is 5.31. The van der Waals surface area contributed by atoms with E-state index in [1.54, 1.807) is 0 Å². The van der Waals surface area contributed by atoms with Crippen molar-refractivity contribution in [1.82, 2.24) is 0 Å². The summed E-state index contributed by atoms with van der Waals surface area (Å²) in [5.41, 5.74) is 8.28. The number of carbonyl (C=O) groups excluding carboxylic acids is 1. The van der Waals surface area contributed by atoms with Crippen LogP contribution < -0.4 is 5.73 Å². The van der Waals surface area contributed by atoms with E-state index in [1.165, 1.54) is 0 Å². The quantitative estimate of drug-likeness (QED) is 0.338. The number of hydrogen-bond acceptors (Lipinski definition) is 6. The largest absolute Gasteiger partial charge is 0.394 e. The van der Waals surface area contributed by atoms with Crippen molar-refractivity contribution in [3.63, 3.8) is 0 Å². The summed E-state index contributed by atoms with van der Waals surface area (Å²) in [5, 5.41) is 20.3. The molecule has 3 aromatic carbocycles. The molecule has 0 fully saturated rings. The summed E-state index contributed by atoms with van der Waals surface area (Å²) in [6.45, 7) is -0.208. The Morgan fingerprint density at radius 3 is 1.44 bits per heavy atom. The van der Waals surface area contributed by atoms with Gasteiger partial charge in [0.05, 0.1) is 26.4 Å². The number of hydrogen-bond donors (Lipinski definition) is 3. The predicted octanol–water partition coefficient (Wildman–Crippen LogP) is 2.58. The molecular weight excluding hydrogens is 434 g/mol. The van der Waals surface area contributed by atoms with Crippen LogP contribution in [0.3, 0.4) is 0 Å². The number of amides is 1. The fourth-order valence-electron chi connectivity index (χ4n) is 3.52. The minimum atomic E-state index is -1.33. The molecule has 0 saturated carbocycles. The summed E-state index contributed by atoms with van der Waals surface area (Å²) < 4.78 is 18.0. The maximum atomic E-state index is 12.5. The second kappa shape index (κ2) is 13.6. The van der Waals surface area contributed by atoms with Crippen LogP contribution in [0, 0.1) is 0 Å². The number of ether oxygens (including phenoxy) is 3. The van der Waals surface area contributed by atoms with Gasteiger partial charge in [0.25, 0.3) is 0 Å². The molecule has 0 radical (unpaired) electrons. The number of carbonyl (C=O) groups is 1. The van der Waals surface area contributed by atoms with E-state index in [9.17, 15) is 15.0 Å². The molecule has 0 saturated heterocycles. The number of aliphatic hydroxyl groups is 2. The van der Waals surface area contributed by atoms with Crippen molar-refractivity contribution in [2.24, 2.45) is 5.73 Å². The van der Waals surface area contributed by atoms with Crippen LogP contribution in [-0.4, -0.2) is 47.1 Å². The number of nitrogens with two attached hydrogens (primary N) is 1. The zero-order valence-corrected chi connectivity index (χ0v) is 18.9. The molecular formula is C27H31NO6. The zero-order valence-electron chi connectivity index (χ0n) is 18.9. The van der Waals surface area contributed by atoms with E-state index in [0.717, 1.165) is 16.7 Å². The predicted molar refractivity (Wildman–Crippen MR) is 127 cm³/mol. The Morgan fingerprint density at radius 2 is 1.06 bits per heavy atom. The molecule has 0 unspecified atom stereocenters. The third kappa shape index (κ3) is 7.76. The second-order valence-electron chi connectivity index (χ2n) is 7.89. The Balaban J connectivity index is 1.84. The first kappa shape index (κ1) is 25.6. The maximum Gasteiger partial charge on any atom is 0.249 e. The molecule has 3 rings (SSSR count). The average molecular weight is 466 g/mol. The fourth-order valence-corrected chi connectivity index (χ4v) is 3.52. The summed E-state index contributed by atoms with van der Waals surface area (Å²) >= 11 is 0. The maximum absolute atomic E-state index is 12.5. The molecule has 180 valence electrons. The van der Waals surface area contributed by atoms with Crippen molar-refractivity contribution in [1.29, 1.82) is 0 Å². The Labute approximate surface area is 199 Å². The lowest BCUT2D eigenvalue weighted by atomic mass is 10.0. The SMILES string of the molecule is NC(=O)[C@H](OCc1ccccc1)[C@@H](OCc1ccccc1)[C@H](OCc1ccccc1)[C@H](O)CO. The van der Waals surface area contributed by atoms with Crippen molar-refractivity contribution < 1.29 is 29.2 Å². The molecule has 0 bridgehead atoms. The Kier molecular flexibility index (Phi) is 10.2. The molecule has 34 heavy (non-hydrogen) atoms. The Morgan fingerprint density at radius 1 is 0.676 bits per heavy atom. The topological polar surface area (TPSA) is 111 Å². The van der Waals surface area contributed by atoms with Gasteiger partial charge in [0, 0.05) is 0 Å². The average Bonchev–Trinajstić information content (AvgIpc) is 2.88. The van der Waals surface area contributed by atoms with Crippen LogP contribution in [0.4, 0.5) is 0 Å². The smallest absolute Gasteiger partial charge is 0.249 e. The van der Waals surface area contributed by atoms with Gasteiger partial charge in [-0.05, 0) is 16.7 Å². The highest BCUT2D eigenvalue weighted by atomic mass is 16.6. The second-order valence-corrected chi connectivity index (χ2v) is 7.89. The molecule has 3 aromatic rings.